The number of nitrogens with two attached hydrogens (primary N) is 1. The van der Waals surface area contributed by atoms with Gasteiger partial charge in [-0.1, -0.05) is 0 Å². The molecular formula is C14H17N3O4S. The van der Waals surface area contributed by atoms with Crippen molar-refractivity contribution < 1.29 is 18.3 Å². The minimum atomic E-state index is -3.48. The number of aromatic hydroxyl groups is 1. The fourth-order valence-electron chi connectivity index (χ4n) is 2.32. The molecule has 0 bridgehead atoms. The van der Waals surface area contributed by atoms with Gasteiger partial charge in [-0.15, -0.1) is 0 Å². The minimum Gasteiger partial charge on any atom is -0.493 e. The third-order valence-corrected chi connectivity index (χ3v) is 4.69. The van der Waals surface area contributed by atoms with Gasteiger partial charge in [0.1, 0.15) is 5.56 Å². The number of nitrogens with zero attached hydrogens (tertiary/aromatic N) is 2. The lowest BCUT2D eigenvalue weighted by atomic mass is 9.98. The molecule has 22 heavy (non-hydrogen) atoms. The second kappa shape index (κ2) is 5.13. The highest BCUT2D eigenvalue weighted by Crippen LogP contribution is 2.29. The second-order valence-electron chi connectivity index (χ2n) is 5.16. The molecule has 8 heteroatoms. The van der Waals surface area contributed by atoms with E-state index >= 15 is 0 Å². The molecule has 118 valence electrons. The van der Waals surface area contributed by atoms with Crippen molar-refractivity contribution in [2.45, 2.75) is 18.7 Å². The zero-order chi connectivity index (χ0) is 16.8. The number of hydrogen-bond donors (Lipinski definition) is 2. The van der Waals surface area contributed by atoms with Gasteiger partial charge in [-0.05, 0) is 31.5 Å². The fraction of sp³-hybridized carbons (Fsp3) is 0.286. The summed E-state index contributed by atoms with van der Waals surface area (Å²) in [5, 5.41) is 13.9. The summed E-state index contributed by atoms with van der Waals surface area (Å²) in [7, 11) is -1.96. The van der Waals surface area contributed by atoms with Crippen LogP contribution in [0.3, 0.4) is 0 Å². The van der Waals surface area contributed by atoms with Crippen LogP contribution in [0.2, 0.25) is 0 Å². The van der Waals surface area contributed by atoms with E-state index in [1.165, 1.54) is 23.9 Å². The van der Waals surface area contributed by atoms with Crippen molar-refractivity contribution in [2.75, 3.05) is 12.0 Å². The third kappa shape index (κ3) is 2.45. The Hall–Kier alpha value is -2.35. The SMILES string of the molecule is Cc1nn(C)c(O)c1C(=O)c1ccc(S(C)(=O)=O)c(N)c1C. The monoisotopic (exact) mass is 323 g/mol. The molecule has 0 unspecified atom stereocenters. The Morgan fingerprint density at radius 1 is 1.32 bits per heavy atom. The van der Waals surface area contributed by atoms with Crippen molar-refractivity contribution in [3.05, 3.63) is 34.5 Å². The van der Waals surface area contributed by atoms with E-state index in [1.54, 1.807) is 13.8 Å². The van der Waals surface area contributed by atoms with E-state index in [4.69, 9.17) is 5.73 Å². The van der Waals surface area contributed by atoms with Crippen LogP contribution in [-0.4, -0.2) is 35.3 Å². The van der Waals surface area contributed by atoms with Gasteiger partial charge >= 0.3 is 0 Å². The molecule has 7 nitrogen and oxygen atoms in total. The summed E-state index contributed by atoms with van der Waals surface area (Å²) in [6.45, 7) is 3.18. The summed E-state index contributed by atoms with van der Waals surface area (Å²) in [5.74, 6) is -0.694. The number of hydrogen-bond acceptors (Lipinski definition) is 6. The predicted molar refractivity (Wildman–Crippen MR) is 81.7 cm³/mol. The van der Waals surface area contributed by atoms with Gasteiger partial charge < -0.3 is 10.8 Å². The maximum Gasteiger partial charge on any atom is 0.220 e. The highest BCUT2D eigenvalue weighted by molar-refractivity contribution is 7.90. The van der Waals surface area contributed by atoms with Crippen molar-refractivity contribution in [3.8, 4) is 5.88 Å². The van der Waals surface area contributed by atoms with Gasteiger partial charge in [0, 0.05) is 18.9 Å². The summed E-state index contributed by atoms with van der Waals surface area (Å²) in [4.78, 5) is 12.6. The van der Waals surface area contributed by atoms with Crippen LogP contribution >= 0.6 is 0 Å². The molecule has 0 aliphatic carbocycles. The number of carbonyl (C=O) groups is 1. The van der Waals surface area contributed by atoms with Crippen LogP contribution in [0.15, 0.2) is 17.0 Å². The van der Waals surface area contributed by atoms with Crippen molar-refractivity contribution in [1.82, 2.24) is 9.78 Å². The zero-order valence-corrected chi connectivity index (χ0v) is 13.5. The average molecular weight is 323 g/mol. The van der Waals surface area contributed by atoms with Gasteiger partial charge in [0.05, 0.1) is 16.3 Å². The highest BCUT2D eigenvalue weighted by Gasteiger charge is 2.25. The Morgan fingerprint density at radius 2 is 1.91 bits per heavy atom. The molecule has 0 saturated heterocycles. The first kappa shape index (κ1) is 16.0. The maximum atomic E-state index is 12.6. The van der Waals surface area contributed by atoms with Gasteiger partial charge in [-0.25, -0.2) is 13.1 Å². The molecule has 2 rings (SSSR count). The predicted octanol–water partition coefficient (Wildman–Crippen LogP) is 0.959. The van der Waals surface area contributed by atoms with E-state index in [2.05, 4.69) is 5.10 Å². The first-order chi connectivity index (χ1) is 10.1. The largest absolute Gasteiger partial charge is 0.493 e. The molecule has 0 amide bonds. The van der Waals surface area contributed by atoms with E-state index in [9.17, 15) is 18.3 Å². The van der Waals surface area contributed by atoms with Gasteiger partial charge in [0.15, 0.2) is 9.84 Å². The number of aryl methyl sites for hydroxylation is 2. The normalized spacial score (nSPS) is 11.6. The van der Waals surface area contributed by atoms with Crippen LogP contribution in [0, 0.1) is 13.8 Å². The van der Waals surface area contributed by atoms with Crippen LogP contribution in [0.1, 0.15) is 27.2 Å². The molecule has 0 radical (unpaired) electrons. The van der Waals surface area contributed by atoms with Gasteiger partial charge in [0.2, 0.25) is 11.7 Å². The Kier molecular flexibility index (Phi) is 3.74. The Labute approximate surface area is 128 Å². The standard InChI is InChI=1S/C14H17N3O4S/c1-7-9(5-6-10(12(7)15)22(4,20)21)13(18)11-8(2)16-17(3)14(11)19/h5-6,19H,15H2,1-4H3. The highest BCUT2D eigenvalue weighted by atomic mass is 32.2. The summed E-state index contributed by atoms with van der Waals surface area (Å²) in [5.41, 5.74) is 6.94. The van der Waals surface area contributed by atoms with Crippen molar-refractivity contribution in [2.24, 2.45) is 7.05 Å². The second-order valence-corrected chi connectivity index (χ2v) is 7.14. The minimum absolute atomic E-state index is 0.0197. The lowest BCUT2D eigenvalue weighted by Crippen LogP contribution is -2.10. The van der Waals surface area contributed by atoms with Gasteiger partial charge in [-0.3, -0.25) is 4.79 Å². The van der Waals surface area contributed by atoms with Crippen molar-refractivity contribution in [3.63, 3.8) is 0 Å². The summed E-state index contributed by atoms with van der Waals surface area (Å²) in [6, 6.07) is 2.70. The zero-order valence-electron chi connectivity index (χ0n) is 12.7. The first-order valence-corrected chi connectivity index (χ1v) is 8.31. The number of ketones is 1. The number of anilines is 1. The van der Waals surface area contributed by atoms with E-state index in [0.29, 0.717) is 11.3 Å². The molecule has 0 aliphatic rings. The molecule has 0 fully saturated rings. The first-order valence-electron chi connectivity index (χ1n) is 6.42. The van der Waals surface area contributed by atoms with Crippen LogP contribution in [0.5, 0.6) is 5.88 Å². The van der Waals surface area contributed by atoms with E-state index in [-0.39, 0.29) is 27.6 Å². The molecule has 0 aliphatic heterocycles. The van der Waals surface area contributed by atoms with Crippen LogP contribution in [0.4, 0.5) is 5.69 Å². The van der Waals surface area contributed by atoms with E-state index in [1.807, 2.05) is 0 Å². The van der Waals surface area contributed by atoms with Gasteiger partial charge in [-0.2, -0.15) is 5.10 Å². The number of sulfone groups is 1. The van der Waals surface area contributed by atoms with E-state index in [0.717, 1.165) is 6.26 Å². The number of nitrogen functional groups attached to an aromatic ring is 1. The Bertz CT molecular complexity index is 882. The van der Waals surface area contributed by atoms with Gasteiger partial charge in [0.25, 0.3) is 0 Å². The molecule has 1 aromatic heterocycles. The molecule has 1 aromatic carbocycles. The number of benzene rings is 1. The van der Waals surface area contributed by atoms with Crippen molar-refractivity contribution >= 4 is 21.3 Å². The Morgan fingerprint density at radius 3 is 2.36 bits per heavy atom. The van der Waals surface area contributed by atoms with Crippen molar-refractivity contribution in [1.29, 1.82) is 0 Å². The summed E-state index contributed by atoms with van der Waals surface area (Å²) >= 11 is 0. The van der Waals surface area contributed by atoms with Crippen LogP contribution < -0.4 is 5.73 Å². The molecule has 2 aromatic rings. The molecule has 1 heterocycles. The molecule has 0 spiro atoms. The average Bonchev–Trinajstić information content (AvgIpc) is 2.64. The molecule has 0 atom stereocenters. The quantitative estimate of drug-likeness (QED) is 0.642. The lowest BCUT2D eigenvalue weighted by molar-refractivity contribution is 0.103. The smallest absolute Gasteiger partial charge is 0.220 e. The fourth-order valence-corrected chi connectivity index (χ4v) is 3.19. The molecule has 3 N–H and O–H groups in total. The molecular weight excluding hydrogens is 306 g/mol. The number of carbonyl (C=O) groups excluding carboxylic acids is 1. The maximum absolute atomic E-state index is 12.6. The van der Waals surface area contributed by atoms with Crippen LogP contribution in [-0.2, 0) is 16.9 Å². The lowest BCUT2D eigenvalue weighted by Gasteiger charge is -2.11. The third-order valence-electron chi connectivity index (χ3n) is 3.54. The molecule has 0 saturated carbocycles. The number of aromatic nitrogens is 2. The summed E-state index contributed by atoms with van der Waals surface area (Å²) < 4.78 is 24.5. The Balaban J connectivity index is 2.64. The van der Waals surface area contributed by atoms with E-state index < -0.39 is 15.6 Å². The summed E-state index contributed by atoms with van der Waals surface area (Å²) in [6.07, 6.45) is 1.05. The van der Waals surface area contributed by atoms with Crippen LogP contribution in [0.25, 0.3) is 0 Å². The topological polar surface area (TPSA) is 115 Å². The number of rotatable bonds is 3.